The van der Waals surface area contributed by atoms with Gasteiger partial charge in [0.15, 0.2) is 0 Å². The molecule has 0 radical (unpaired) electrons. The molecule has 0 aliphatic carbocycles. The zero-order valence-electron chi connectivity index (χ0n) is 17.5. The number of hydrogen-bond acceptors (Lipinski definition) is 5. The number of carbonyl (C=O) groups is 3. The van der Waals surface area contributed by atoms with E-state index in [1.54, 1.807) is 11.8 Å². The van der Waals surface area contributed by atoms with Crippen molar-refractivity contribution in [3.63, 3.8) is 0 Å². The maximum absolute atomic E-state index is 12.7. The quantitative estimate of drug-likeness (QED) is 0.628. The van der Waals surface area contributed by atoms with E-state index >= 15 is 0 Å². The van der Waals surface area contributed by atoms with E-state index in [2.05, 4.69) is 10.6 Å². The Morgan fingerprint density at radius 1 is 0.900 bits per heavy atom. The van der Waals surface area contributed by atoms with Crippen LogP contribution in [0.3, 0.4) is 0 Å². The van der Waals surface area contributed by atoms with Crippen molar-refractivity contribution in [2.45, 2.75) is 26.3 Å². The van der Waals surface area contributed by atoms with Gasteiger partial charge in [0.1, 0.15) is 0 Å². The first-order chi connectivity index (χ1) is 14.5. The molecule has 0 bridgehead atoms. The fourth-order valence-corrected chi connectivity index (χ4v) is 3.03. The molecule has 3 amide bonds. The number of hydrogen-bond donors (Lipinski definition) is 2. The number of carbonyl (C=O) groups excluding carboxylic acids is 3. The number of alkyl carbamates (subject to hydrolysis) is 1. The van der Waals surface area contributed by atoms with Crippen LogP contribution in [0.2, 0.25) is 0 Å². The predicted molar refractivity (Wildman–Crippen MR) is 115 cm³/mol. The van der Waals surface area contributed by atoms with E-state index in [4.69, 9.17) is 4.74 Å². The Labute approximate surface area is 177 Å². The van der Waals surface area contributed by atoms with Crippen LogP contribution >= 0.6 is 0 Å². The third kappa shape index (κ3) is 8.05. The largest absolute Gasteiger partial charge is 0.450 e. The summed E-state index contributed by atoms with van der Waals surface area (Å²) in [4.78, 5) is 37.7. The molecular weight excluding hydrogens is 382 g/mol. The van der Waals surface area contributed by atoms with Crippen molar-refractivity contribution in [3.8, 4) is 0 Å². The SMILES string of the molecule is CCOC(=O)NC(=O)CN(CC)CC(=O)N[C@H](Cc1ccccc1)c1ccccc1. The summed E-state index contributed by atoms with van der Waals surface area (Å²) in [6, 6.07) is 19.6. The average molecular weight is 412 g/mol. The van der Waals surface area contributed by atoms with Crippen LogP contribution in [-0.2, 0) is 20.7 Å². The van der Waals surface area contributed by atoms with Gasteiger partial charge in [0.05, 0.1) is 25.7 Å². The molecule has 0 spiro atoms. The van der Waals surface area contributed by atoms with Gasteiger partial charge in [0.25, 0.3) is 0 Å². The predicted octanol–water partition coefficient (Wildman–Crippen LogP) is 2.68. The number of likely N-dealkylation sites (N-methyl/N-ethyl adjacent to an activating group) is 1. The highest BCUT2D eigenvalue weighted by Crippen LogP contribution is 2.18. The number of imide groups is 1. The third-order valence-corrected chi connectivity index (χ3v) is 4.52. The standard InChI is InChI=1S/C23H29N3O4/c1-3-26(17-22(28)25-23(29)30-4-2)16-21(27)24-20(19-13-9-6-10-14-19)15-18-11-7-5-8-12-18/h5-14,20H,3-4,15-17H2,1-2H3,(H,24,27)(H,25,28,29)/t20-/m1/s1. The molecule has 0 saturated heterocycles. The summed E-state index contributed by atoms with van der Waals surface area (Å²) >= 11 is 0. The minimum Gasteiger partial charge on any atom is -0.450 e. The second-order valence-electron chi connectivity index (χ2n) is 6.79. The highest BCUT2D eigenvalue weighted by molar-refractivity contribution is 5.93. The van der Waals surface area contributed by atoms with Crippen LogP contribution in [0.15, 0.2) is 60.7 Å². The molecular formula is C23H29N3O4. The van der Waals surface area contributed by atoms with Crippen molar-refractivity contribution in [1.82, 2.24) is 15.5 Å². The lowest BCUT2D eigenvalue weighted by molar-refractivity contribution is -0.125. The van der Waals surface area contributed by atoms with Gasteiger partial charge < -0.3 is 10.1 Å². The third-order valence-electron chi connectivity index (χ3n) is 4.52. The van der Waals surface area contributed by atoms with Crippen molar-refractivity contribution >= 4 is 17.9 Å². The summed E-state index contributed by atoms with van der Waals surface area (Å²) in [5, 5.41) is 5.22. The summed E-state index contributed by atoms with van der Waals surface area (Å²) in [6.45, 7) is 4.15. The lowest BCUT2D eigenvalue weighted by Gasteiger charge is -2.23. The second kappa shape index (κ2) is 12.4. The lowest BCUT2D eigenvalue weighted by atomic mass is 9.99. The first-order valence-electron chi connectivity index (χ1n) is 10.1. The molecule has 2 aromatic carbocycles. The Hall–Kier alpha value is -3.19. The van der Waals surface area contributed by atoms with Gasteiger partial charge >= 0.3 is 6.09 Å². The number of rotatable bonds is 10. The first-order valence-corrected chi connectivity index (χ1v) is 10.1. The van der Waals surface area contributed by atoms with Crippen molar-refractivity contribution in [2.75, 3.05) is 26.2 Å². The van der Waals surface area contributed by atoms with Crippen LogP contribution in [-0.4, -0.2) is 49.0 Å². The normalized spacial score (nSPS) is 11.6. The number of amides is 3. The van der Waals surface area contributed by atoms with E-state index in [-0.39, 0.29) is 31.6 Å². The fraction of sp³-hybridized carbons (Fsp3) is 0.348. The number of nitrogens with zero attached hydrogens (tertiary/aromatic N) is 1. The van der Waals surface area contributed by atoms with Gasteiger partial charge in [-0.1, -0.05) is 67.6 Å². The highest BCUT2D eigenvalue weighted by Gasteiger charge is 2.19. The van der Waals surface area contributed by atoms with Gasteiger partial charge in [-0.25, -0.2) is 4.79 Å². The van der Waals surface area contributed by atoms with Crippen LogP contribution in [0.25, 0.3) is 0 Å². The topological polar surface area (TPSA) is 87.7 Å². The highest BCUT2D eigenvalue weighted by atomic mass is 16.5. The van der Waals surface area contributed by atoms with Crippen LogP contribution in [0.4, 0.5) is 4.79 Å². The Balaban J connectivity index is 1.98. The van der Waals surface area contributed by atoms with E-state index in [9.17, 15) is 14.4 Å². The van der Waals surface area contributed by atoms with Gasteiger partial charge in [0.2, 0.25) is 11.8 Å². The molecule has 1 atom stereocenters. The van der Waals surface area contributed by atoms with E-state index in [0.717, 1.165) is 11.1 Å². The van der Waals surface area contributed by atoms with Crippen LogP contribution < -0.4 is 10.6 Å². The molecule has 0 aromatic heterocycles. The van der Waals surface area contributed by atoms with E-state index in [1.165, 1.54) is 0 Å². The molecule has 0 saturated carbocycles. The molecule has 2 N–H and O–H groups in total. The zero-order chi connectivity index (χ0) is 21.8. The first kappa shape index (κ1) is 23.1. The Kier molecular flexibility index (Phi) is 9.54. The van der Waals surface area contributed by atoms with Crippen LogP contribution in [0.1, 0.15) is 31.0 Å². The van der Waals surface area contributed by atoms with Gasteiger partial charge in [-0.3, -0.25) is 19.8 Å². The molecule has 7 heteroatoms. The van der Waals surface area contributed by atoms with E-state index < -0.39 is 12.0 Å². The van der Waals surface area contributed by atoms with Crippen molar-refractivity contribution < 1.29 is 19.1 Å². The molecule has 2 aromatic rings. The van der Waals surface area contributed by atoms with Crippen molar-refractivity contribution in [1.29, 1.82) is 0 Å². The number of ether oxygens (including phenoxy) is 1. The lowest BCUT2D eigenvalue weighted by Crippen LogP contribution is -2.45. The van der Waals surface area contributed by atoms with Crippen LogP contribution in [0.5, 0.6) is 0 Å². The monoisotopic (exact) mass is 411 g/mol. The van der Waals surface area contributed by atoms with Gasteiger partial charge in [-0.2, -0.15) is 0 Å². The van der Waals surface area contributed by atoms with Crippen molar-refractivity contribution in [3.05, 3.63) is 71.8 Å². The van der Waals surface area contributed by atoms with Crippen molar-refractivity contribution in [2.24, 2.45) is 0 Å². The Morgan fingerprint density at radius 3 is 2.10 bits per heavy atom. The second-order valence-corrected chi connectivity index (χ2v) is 6.79. The molecule has 7 nitrogen and oxygen atoms in total. The summed E-state index contributed by atoms with van der Waals surface area (Å²) in [5.74, 6) is -0.697. The number of nitrogens with one attached hydrogen (secondary N) is 2. The fourth-order valence-electron chi connectivity index (χ4n) is 3.03. The molecule has 2 rings (SSSR count). The summed E-state index contributed by atoms with van der Waals surface area (Å²) in [6.07, 6.45) is -0.124. The smallest absolute Gasteiger partial charge is 0.413 e. The van der Waals surface area contributed by atoms with Gasteiger partial charge in [-0.05, 0) is 31.0 Å². The van der Waals surface area contributed by atoms with Gasteiger partial charge in [0, 0.05) is 0 Å². The molecule has 0 unspecified atom stereocenters. The molecule has 0 heterocycles. The Bertz CT molecular complexity index is 812. The summed E-state index contributed by atoms with van der Waals surface area (Å²) < 4.78 is 4.70. The molecule has 0 aliphatic heterocycles. The molecule has 0 fully saturated rings. The van der Waals surface area contributed by atoms with Gasteiger partial charge in [-0.15, -0.1) is 0 Å². The average Bonchev–Trinajstić information content (AvgIpc) is 2.74. The summed E-state index contributed by atoms with van der Waals surface area (Å²) in [5.41, 5.74) is 2.13. The molecule has 160 valence electrons. The maximum atomic E-state index is 12.7. The minimum atomic E-state index is -0.782. The maximum Gasteiger partial charge on any atom is 0.413 e. The van der Waals surface area contributed by atoms with E-state index in [0.29, 0.717) is 13.0 Å². The number of benzene rings is 2. The molecule has 0 aliphatic rings. The zero-order valence-corrected chi connectivity index (χ0v) is 17.5. The minimum absolute atomic E-state index is 0.0465. The summed E-state index contributed by atoms with van der Waals surface area (Å²) in [7, 11) is 0. The Morgan fingerprint density at radius 2 is 1.50 bits per heavy atom. The van der Waals surface area contributed by atoms with E-state index in [1.807, 2.05) is 67.6 Å². The van der Waals surface area contributed by atoms with Crippen LogP contribution in [0, 0.1) is 0 Å². The molecule has 30 heavy (non-hydrogen) atoms.